The average Bonchev–Trinajstić information content (AvgIpc) is 1.42. The number of nitrogens with zero attached hydrogens (tertiary/aromatic N) is 5. The van der Waals surface area contributed by atoms with Gasteiger partial charge < -0.3 is 70.3 Å². The SMILES string of the molecule is COc1ccccc1C=CC(=O)O.Cc1c2oc3c(C)ccc(C(=O)NC4C(=O)NC(C(C)C)C(=O)C5CCCC5C(=O)N(C)CC(=O)N(C)C(C(C)C)C(=O)OC4C)c3nc-2c(C(=O)NC2C(=O)NC(C(C)C)C(=O)C3CCCC3C(=O)N(C)CC(=O)N(C)C(C(C)C)C(=O)OC2C)c(N)c1=O. The van der Waals surface area contributed by atoms with Gasteiger partial charge in [0.25, 0.3) is 11.8 Å². The molecular formula is C74H98N10O19. The fourth-order valence-corrected chi connectivity index (χ4v) is 14.1. The molecule has 2 aromatic rings. The Morgan fingerprint density at radius 3 is 1.52 bits per heavy atom. The lowest BCUT2D eigenvalue weighted by molar-refractivity contribution is -0.163. The Bertz CT molecular complexity index is 4030. The van der Waals surface area contributed by atoms with Crippen molar-refractivity contribution in [1.82, 2.24) is 45.9 Å². The van der Waals surface area contributed by atoms with Crippen molar-refractivity contribution in [3.05, 3.63) is 80.5 Å². The number of benzene rings is 3. The quantitative estimate of drug-likeness (QED) is 0.0520. The summed E-state index contributed by atoms with van der Waals surface area (Å²) in [7, 11) is 7.21. The number of amides is 8. The number of carbonyl (C=O) groups is 13. The van der Waals surface area contributed by atoms with Crippen molar-refractivity contribution < 1.29 is 86.1 Å². The summed E-state index contributed by atoms with van der Waals surface area (Å²) in [5.41, 5.74) is 4.42. The van der Waals surface area contributed by atoms with E-state index in [-0.39, 0.29) is 33.7 Å². The molecule has 2 saturated carbocycles. The Morgan fingerprint density at radius 1 is 0.641 bits per heavy atom. The van der Waals surface area contributed by atoms with Gasteiger partial charge in [-0.05, 0) is 101 Å². The van der Waals surface area contributed by atoms with E-state index in [0.717, 1.165) is 21.4 Å². The molecule has 3 aliphatic carbocycles. The minimum absolute atomic E-state index is 0.0668. The van der Waals surface area contributed by atoms with E-state index in [9.17, 15) is 57.5 Å². The van der Waals surface area contributed by atoms with Crippen LogP contribution in [0.1, 0.15) is 145 Å². The molecule has 8 rings (SSSR count). The van der Waals surface area contributed by atoms with Gasteiger partial charge in [-0.25, -0.2) is 19.4 Å². The third-order valence-electron chi connectivity index (χ3n) is 19.9. The topological polar surface area (TPSA) is 400 Å². The van der Waals surface area contributed by atoms with Crippen LogP contribution in [0.15, 0.2) is 51.7 Å². The molecule has 2 saturated heterocycles. The predicted molar refractivity (Wildman–Crippen MR) is 377 cm³/mol. The lowest BCUT2D eigenvalue weighted by Crippen LogP contribution is -2.59. The number of hydrogen-bond acceptors (Lipinski definition) is 20. The van der Waals surface area contributed by atoms with Crippen molar-refractivity contribution in [3.8, 4) is 17.2 Å². The van der Waals surface area contributed by atoms with Gasteiger partial charge in [-0.1, -0.05) is 92.5 Å². The van der Waals surface area contributed by atoms with Gasteiger partial charge in [-0.15, -0.1) is 0 Å². The maximum absolute atomic E-state index is 15.2. The highest BCUT2D eigenvalue weighted by molar-refractivity contribution is 6.11. The van der Waals surface area contributed by atoms with Crippen LogP contribution in [-0.2, 0) is 62.2 Å². The molecule has 0 radical (unpaired) electrons. The zero-order chi connectivity index (χ0) is 76.7. The minimum atomic E-state index is -1.86. The number of ether oxygens (including phenoxy) is 3. The van der Waals surface area contributed by atoms with E-state index < -0.39 is 202 Å². The van der Waals surface area contributed by atoms with E-state index in [1.807, 2.05) is 12.1 Å². The standard InChI is InChI=1S/C64H88N10O16.C10H10O3/c1-27(2)44-53(78)35-19-17-21-37(35)61(84)71(13)25-40(75)73(15)50(29(5)6)63(86)88-33(11)46(59(82)67-44)69-57(80)39-24-23-31(9)55-48(39)66-49-42(43(65)52(77)32(10)56(49)90-55)58(81)70-47-34(12)89-64(87)51(30(7)8)74(16)41(76)26-72(14)62(85)38-22-18-20-36(38)54(79)45(28(3)4)68-60(47)83;1-13-9-5-3-2-4-8(9)6-7-10(11)12/h23-24,27-30,33-38,44-47,50-51H,17-22,25-26,65H2,1-16H3,(H,67,82)(H,68,83)(H,69,80)(H,70,81);2-7H,1H3,(H,11,12). The van der Waals surface area contributed by atoms with Crippen molar-refractivity contribution in [2.45, 2.75) is 170 Å². The number of nitrogens with two attached hydrogens (primary N) is 1. The molecule has 12 unspecified atom stereocenters. The number of carboxylic acid groups (broad SMARTS) is 1. The van der Waals surface area contributed by atoms with E-state index in [4.69, 9.17) is 34.5 Å². The molecule has 0 bridgehead atoms. The van der Waals surface area contributed by atoms with E-state index in [0.29, 0.717) is 49.8 Å². The number of nitrogens with one attached hydrogen (secondary N) is 4. The third kappa shape index (κ3) is 17.7. The summed E-state index contributed by atoms with van der Waals surface area (Å²) in [5, 5.41) is 19.2. The fourth-order valence-electron chi connectivity index (χ4n) is 14.1. The second-order valence-corrected chi connectivity index (χ2v) is 28.7. The molecule has 0 spiro atoms. The van der Waals surface area contributed by atoms with E-state index in [2.05, 4.69) is 21.3 Å². The maximum atomic E-state index is 15.2. The number of esters is 2. The number of Topliss-reactive ketones (excluding diaryl/α,β-unsaturated/α-hetero) is 2. The zero-order valence-corrected chi connectivity index (χ0v) is 61.6. The van der Waals surface area contributed by atoms with Crippen LogP contribution < -0.4 is 37.2 Å². The Morgan fingerprint density at radius 2 is 1.09 bits per heavy atom. The number of methoxy groups -OCH3 is 1. The third-order valence-corrected chi connectivity index (χ3v) is 19.9. The highest BCUT2D eigenvalue weighted by Gasteiger charge is 2.48. The first-order chi connectivity index (χ1) is 48.3. The molecule has 3 heterocycles. The molecule has 29 heteroatoms. The summed E-state index contributed by atoms with van der Waals surface area (Å²) >= 11 is 0. The summed E-state index contributed by atoms with van der Waals surface area (Å²) in [6.45, 7) is 18.3. The van der Waals surface area contributed by atoms with Gasteiger partial charge in [0.1, 0.15) is 53.3 Å². The number of hydrogen-bond donors (Lipinski definition) is 6. The number of cyclic esters (lactones) is 2. The molecule has 8 amide bonds. The highest BCUT2D eigenvalue weighted by Crippen LogP contribution is 2.39. The van der Waals surface area contributed by atoms with Gasteiger partial charge in [0.05, 0.1) is 49.1 Å². The molecule has 558 valence electrons. The Hall–Kier alpha value is -10.1. The molecule has 12 atom stereocenters. The predicted octanol–water partition coefficient (Wildman–Crippen LogP) is 4.51. The van der Waals surface area contributed by atoms with Gasteiger partial charge in [0.15, 0.2) is 22.9 Å². The van der Waals surface area contributed by atoms with Crippen molar-refractivity contribution in [2.75, 3.05) is 54.1 Å². The Labute approximate surface area is 598 Å². The van der Waals surface area contributed by atoms with Crippen molar-refractivity contribution in [3.63, 3.8) is 0 Å². The van der Waals surface area contributed by atoms with Gasteiger partial charge in [0.2, 0.25) is 40.9 Å². The van der Waals surface area contributed by atoms with E-state index in [1.165, 1.54) is 77.0 Å². The van der Waals surface area contributed by atoms with Crippen molar-refractivity contribution >= 4 is 99.6 Å². The van der Waals surface area contributed by atoms with Crippen molar-refractivity contribution in [1.29, 1.82) is 0 Å². The minimum Gasteiger partial charge on any atom is -0.496 e. The monoisotopic (exact) mass is 1430 g/mol. The van der Waals surface area contributed by atoms with E-state index in [1.54, 1.807) is 81.6 Å². The first-order valence-corrected chi connectivity index (χ1v) is 34.8. The number of para-hydroxylation sites is 1. The van der Waals surface area contributed by atoms with Crippen molar-refractivity contribution in [2.24, 2.45) is 47.3 Å². The lowest BCUT2D eigenvalue weighted by atomic mass is 9.83. The van der Waals surface area contributed by atoms with Gasteiger partial charge >= 0.3 is 17.9 Å². The number of nitrogen functional groups attached to an aromatic ring is 1. The maximum Gasteiger partial charge on any atom is 0.329 e. The summed E-state index contributed by atoms with van der Waals surface area (Å²) in [5.74, 6) is -15.2. The number of anilines is 1. The Balaban J connectivity index is 0.00000103. The van der Waals surface area contributed by atoms with Crippen LogP contribution in [0, 0.1) is 61.2 Å². The molecule has 103 heavy (non-hydrogen) atoms. The number of rotatable bonds is 11. The second-order valence-electron chi connectivity index (χ2n) is 28.7. The average molecular weight is 1430 g/mol. The summed E-state index contributed by atoms with van der Waals surface area (Å²) in [6, 6.07) is 1.51. The molecule has 0 aromatic heterocycles. The smallest absolute Gasteiger partial charge is 0.329 e. The number of aliphatic carboxylic acids is 1. The lowest BCUT2D eigenvalue weighted by Gasteiger charge is -2.35. The van der Waals surface area contributed by atoms with E-state index >= 15 is 9.59 Å². The van der Waals surface area contributed by atoms with Crippen LogP contribution in [0.2, 0.25) is 0 Å². The number of fused-ring (bicyclic) bond motifs is 4. The van der Waals surface area contributed by atoms with Crippen LogP contribution in [0.4, 0.5) is 5.69 Å². The van der Waals surface area contributed by atoms with Gasteiger partial charge in [0, 0.05) is 69.1 Å². The van der Waals surface area contributed by atoms with Crippen LogP contribution >= 0.6 is 0 Å². The molecule has 3 aliphatic heterocycles. The fraction of sp³-hybridized carbons (Fsp3) is 0.554. The summed E-state index contributed by atoms with van der Waals surface area (Å²) < 4.78 is 23.4. The zero-order valence-electron chi connectivity index (χ0n) is 61.6. The normalized spacial score (nSPS) is 25.6. The first-order valence-electron chi connectivity index (χ1n) is 34.8. The molecule has 7 N–H and O–H groups in total. The number of ketones is 2. The van der Waals surface area contributed by atoms with Crippen LogP contribution in [0.5, 0.6) is 5.75 Å². The van der Waals surface area contributed by atoms with Crippen LogP contribution in [0.3, 0.4) is 0 Å². The summed E-state index contributed by atoms with van der Waals surface area (Å²) in [6.07, 6.45) is 1.93. The number of aryl methyl sites for hydroxylation is 1. The molecule has 2 aromatic carbocycles. The molecule has 29 nitrogen and oxygen atoms in total. The number of carbonyl (C=O) groups excluding carboxylic acids is 12. The highest BCUT2D eigenvalue weighted by atomic mass is 16.6. The summed E-state index contributed by atoms with van der Waals surface area (Å²) in [4.78, 5) is 207. The number of likely N-dealkylation sites (N-methyl/N-ethyl adjacent to an activating group) is 4. The van der Waals surface area contributed by atoms with Gasteiger partial charge in [-0.3, -0.25) is 52.7 Å². The number of carboxylic acids is 1. The molecular weight excluding hydrogens is 1330 g/mol. The van der Waals surface area contributed by atoms with Crippen LogP contribution in [-0.4, -0.2) is 203 Å². The Kier molecular flexibility index (Phi) is 26.3. The second kappa shape index (κ2) is 33.8. The number of aromatic nitrogens is 1. The first kappa shape index (κ1) is 80.2. The largest absolute Gasteiger partial charge is 0.496 e. The van der Waals surface area contributed by atoms with Crippen LogP contribution in [0.25, 0.3) is 28.6 Å². The van der Waals surface area contributed by atoms with Gasteiger partial charge in [-0.2, -0.15) is 0 Å². The molecule has 6 aliphatic rings. The molecule has 4 fully saturated rings.